The van der Waals surface area contributed by atoms with Crippen molar-refractivity contribution < 1.29 is 27.5 Å². The van der Waals surface area contributed by atoms with E-state index in [0.717, 1.165) is 5.56 Å². The van der Waals surface area contributed by atoms with Gasteiger partial charge in [-0.15, -0.1) is 0 Å². The lowest BCUT2D eigenvalue weighted by atomic mass is 9.90. The second kappa shape index (κ2) is 7.51. The fraction of sp³-hybridized carbons (Fsp3) is 0.588. The van der Waals surface area contributed by atoms with Crippen LogP contribution < -0.4 is 0 Å². The van der Waals surface area contributed by atoms with Crippen molar-refractivity contribution in [3.8, 4) is 0 Å². The average Bonchev–Trinajstić information content (AvgIpc) is 2.54. The van der Waals surface area contributed by atoms with Gasteiger partial charge in [0.1, 0.15) is 5.82 Å². The number of carbonyl (C=O) groups excluding carboxylic acids is 1. The Kier molecular flexibility index (Phi) is 5.85. The predicted octanol–water partition coefficient (Wildman–Crippen LogP) is 3.48. The fourth-order valence-electron chi connectivity index (χ4n) is 3.03. The fourth-order valence-corrected chi connectivity index (χ4v) is 3.03. The number of hydrogen-bond acceptors (Lipinski definition) is 2. The summed E-state index contributed by atoms with van der Waals surface area (Å²) >= 11 is 0. The number of aliphatic hydroxyl groups excluding tert-OH is 1. The minimum Gasteiger partial charge on any atom is -0.383 e. The first-order chi connectivity index (χ1) is 11.2. The van der Waals surface area contributed by atoms with Crippen LogP contribution in [-0.2, 0) is 4.79 Å². The number of hydrogen-bond donors (Lipinski definition) is 1. The van der Waals surface area contributed by atoms with Crippen LogP contribution in [0.3, 0.4) is 0 Å². The highest BCUT2D eigenvalue weighted by Crippen LogP contribution is 2.32. The number of alkyl halides is 3. The number of nitrogens with zero attached hydrogens (tertiary/aromatic N) is 1. The molecule has 1 fully saturated rings. The molecule has 0 saturated carbocycles. The summed E-state index contributed by atoms with van der Waals surface area (Å²) in [5, 5.41) is 9.29. The van der Waals surface area contributed by atoms with E-state index in [-0.39, 0.29) is 50.0 Å². The second-order valence-corrected chi connectivity index (χ2v) is 6.36. The minimum atomic E-state index is -4.62. The van der Waals surface area contributed by atoms with Crippen molar-refractivity contribution in [3.05, 3.63) is 35.6 Å². The molecule has 1 heterocycles. The Labute approximate surface area is 138 Å². The van der Waals surface area contributed by atoms with Gasteiger partial charge in [-0.2, -0.15) is 13.2 Å². The number of aliphatic hydroxyl groups is 1. The molecule has 7 heteroatoms. The molecule has 0 radical (unpaired) electrons. The molecule has 1 saturated heterocycles. The van der Waals surface area contributed by atoms with Crippen LogP contribution in [0.5, 0.6) is 0 Å². The van der Waals surface area contributed by atoms with Gasteiger partial charge in [0.05, 0.1) is 0 Å². The van der Waals surface area contributed by atoms with Gasteiger partial charge in [0, 0.05) is 19.5 Å². The number of likely N-dealkylation sites (tertiary alicyclic amines) is 1. The van der Waals surface area contributed by atoms with Crippen molar-refractivity contribution in [1.82, 2.24) is 4.90 Å². The summed E-state index contributed by atoms with van der Waals surface area (Å²) in [6, 6.07) is 5.92. The number of benzene rings is 1. The SMILES string of the molecule is CC(CC(=O)N1CCC(C(O)C(F)(F)F)CC1)c1ccc(F)cc1. The normalized spacial score (nSPS) is 19.2. The first kappa shape index (κ1) is 18.7. The summed E-state index contributed by atoms with van der Waals surface area (Å²) in [7, 11) is 0. The molecule has 1 amide bonds. The third-order valence-corrected chi connectivity index (χ3v) is 4.59. The summed E-state index contributed by atoms with van der Waals surface area (Å²) in [5.74, 6) is -1.44. The topological polar surface area (TPSA) is 40.5 Å². The molecule has 2 unspecified atom stereocenters. The van der Waals surface area contributed by atoms with Crippen LogP contribution in [0.1, 0.15) is 37.7 Å². The average molecular weight is 347 g/mol. The molecule has 24 heavy (non-hydrogen) atoms. The molecule has 3 nitrogen and oxygen atoms in total. The van der Waals surface area contributed by atoms with E-state index in [2.05, 4.69) is 0 Å². The van der Waals surface area contributed by atoms with Crippen molar-refractivity contribution >= 4 is 5.91 Å². The monoisotopic (exact) mass is 347 g/mol. The molecular formula is C17H21F4NO2. The summed E-state index contributed by atoms with van der Waals surface area (Å²) in [6.07, 6.45) is -6.45. The molecule has 1 aromatic rings. The Balaban J connectivity index is 1.85. The molecule has 2 atom stereocenters. The van der Waals surface area contributed by atoms with E-state index < -0.39 is 18.2 Å². The van der Waals surface area contributed by atoms with Crippen molar-refractivity contribution in [1.29, 1.82) is 0 Å². The Morgan fingerprint density at radius 3 is 2.29 bits per heavy atom. The maximum Gasteiger partial charge on any atom is 0.414 e. The van der Waals surface area contributed by atoms with Gasteiger partial charge in [-0.1, -0.05) is 19.1 Å². The summed E-state index contributed by atoms with van der Waals surface area (Å²) in [5.41, 5.74) is 0.840. The second-order valence-electron chi connectivity index (χ2n) is 6.36. The molecule has 1 N–H and O–H groups in total. The third kappa shape index (κ3) is 4.69. The lowest BCUT2D eigenvalue weighted by Crippen LogP contribution is -2.45. The van der Waals surface area contributed by atoms with E-state index in [1.165, 1.54) is 12.1 Å². The van der Waals surface area contributed by atoms with Gasteiger partial charge in [-0.3, -0.25) is 4.79 Å². The van der Waals surface area contributed by atoms with Crippen LogP contribution in [0.15, 0.2) is 24.3 Å². The van der Waals surface area contributed by atoms with Crippen LogP contribution >= 0.6 is 0 Å². The zero-order chi connectivity index (χ0) is 17.9. The zero-order valence-electron chi connectivity index (χ0n) is 13.4. The smallest absolute Gasteiger partial charge is 0.383 e. The van der Waals surface area contributed by atoms with Gasteiger partial charge in [0.2, 0.25) is 5.91 Å². The van der Waals surface area contributed by atoms with E-state index in [1.807, 2.05) is 6.92 Å². The van der Waals surface area contributed by atoms with E-state index in [4.69, 9.17) is 0 Å². The molecule has 134 valence electrons. The van der Waals surface area contributed by atoms with Crippen LogP contribution in [0, 0.1) is 11.7 Å². The number of carbonyl (C=O) groups is 1. The summed E-state index contributed by atoms with van der Waals surface area (Å²) in [4.78, 5) is 13.8. The lowest BCUT2D eigenvalue weighted by Gasteiger charge is -2.35. The molecule has 0 bridgehead atoms. The van der Waals surface area contributed by atoms with Gasteiger partial charge in [0.25, 0.3) is 0 Å². The Bertz CT molecular complexity index is 551. The quantitative estimate of drug-likeness (QED) is 0.847. The molecule has 2 rings (SSSR count). The highest BCUT2D eigenvalue weighted by molar-refractivity contribution is 5.77. The summed E-state index contributed by atoms with van der Waals surface area (Å²) in [6.45, 7) is 2.28. The van der Waals surface area contributed by atoms with Gasteiger partial charge in [-0.25, -0.2) is 4.39 Å². The van der Waals surface area contributed by atoms with Crippen LogP contribution in [0.2, 0.25) is 0 Å². The van der Waals surface area contributed by atoms with Crippen LogP contribution in [0.4, 0.5) is 17.6 Å². The predicted molar refractivity (Wildman–Crippen MR) is 80.8 cm³/mol. The Hall–Kier alpha value is -1.63. The van der Waals surface area contributed by atoms with Crippen LogP contribution in [-0.4, -0.2) is 41.3 Å². The van der Waals surface area contributed by atoms with Crippen molar-refractivity contribution in [2.24, 2.45) is 5.92 Å². The number of amides is 1. The lowest BCUT2D eigenvalue weighted by molar-refractivity contribution is -0.222. The van der Waals surface area contributed by atoms with Crippen LogP contribution in [0.25, 0.3) is 0 Å². The van der Waals surface area contributed by atoms with Gasteiger partial charge < -0.3 is 10.0 Å². The third-order valence-electron chi connectivity index (χ3n) is 4.59. The van der Waals surface area contributed by atoms with Crippen molar-refractivity contribution in [3.63, 3.8) is 0 Å². The summed E-state index contributed by atoms with van der Waals surface area (Å²) < 4.78 is 50.5. The minimum absolute atomic E-state index is 0.100. The first-order valence-electron chi connectivity index (χ1n) is 7.96. The van der Waals surface area contributed by atoms with Crippen molar-refractivity contribution in [2.75, 3.05) is 13.1 Å². The van der Waals surface area contributed by atoms with E-state index in [1.54, 1.807) is 17.0 Å². The Morgan fingerprint density at radius 2 is 1.79 bits per heavy atom. The highest BCUT2D eigenvalue weighted by Gasteiger charge is 2.44. The zero-order valence-corrected chi connectivity index (χ0v) is 13.4. The molecule has 0 spiro atoms. The molecule has 1 aliphatic heterocycles. The molecule has 0 aromatic heterocycles. The highest BCUT2D eigenvalue weighted by atomic mass is 19.4. The number of halogens is 4. The maximum absolute atomic E-state index is 12.9. The Morgan fingerprint density at radius 1 is 1.25 bits per heavy atom. The number of piperidine rings is 1. The maximum atomic E-state index is 12.9. The first-order valence-corrected chi connectivity index (χ1v) is 7.96. The van der Waals surface area contributed by atoms with Gasteiger partial charge in [-0.05, 0) is 42.4 Å². The molecule has 0 aliphatic carbocycles. The van der Waals surface area contributed by atoms with Gasteiger partial charge in [0.15, 0.2) is 6.10 Å². The van der Waals surface area contributed by atoms with E-state index in [9.17, 15) is 27.5 Å². The van der Waals surface area contributed by atoms with Crippen molar-refractivity contribution in [2.45, 2.75) is 44.4 Å². The molecule has 1 aromatic carbocycles. The standard InChI is InChI=1S/C17H21F4NO2/c1-11(12-2-4-14(18)5-3-12)10-15(23)22-8-6-13(7-9-22)16(24)17(19,20)21/h2-5,11,13,16,24H,6-10H2,1H3. The van der Waals surface area contributed by atoms with E-state index >= 15 is 0 Å². The molecular weight excluding hydrogens is 326 g/mol. The molecule has 1 aliphatic rings. The van der Waals surface area contributed by atoms with E-state index in [0.29, 0.717) is 0 Å². The largest absolute Gasteiger partial charge is 0.414 e. The van der Waals surface area contributed by atoms with Gasteiger partial charge >= 0.3 is 6.18 Å². The number of rotatable bonds is 4.